The highest BCUT2D eigenvalue weighted by Crippen LogP contribution is 2.04. The Kier molecular flexibility index (Phi) is 9.78. The first-order valence-corrected chi connectivity index (χ1v) is 8.88. The monoisotopic (exact) mass is 362 g/mol. The molecule has 0 spiro atoms. The number of amides is 2. The highest BCUT2D eigenvalue weighted by Gasteiger charge is 2.21. The number of nitrogens with zero attached hydrogens (tertiary/aromatic N) is 1. The number of carbonyl (C=O) groups excluding carboxylic acids is 2. The normalized spacial score (nSPS) is 12.7. The molecular weight excluding hydrogens is 332 g/mol. The lowest BCUT2D eigenvalue weighted by molar-refractivity contribution is -0.123. The van der Waals surface area contributed by atoms with Crippen molar-refractivity contribution in [2.75, 3.05) is 13.1 Å². The van der Waals surface area contributed by atoms with Gasteiger partial charge in [-0.05, 0) is 37.8 Å². The van der Waals surface area contributed by atoms with Gasteiger partial charge in [0, 0.05) is 24.7 Å². The molecule has 1 aromatic rings. The molecule has 1 rings (SSSR count). The molecule has 8 nitrogen and oxygen atoms in total. The van der Waals surface area contributed by atoms with Crippen molar-refractivity contribution in [2.45, 2.75) is 44.7 Å². The Hall–Kier alpha value is -2.61. The third kappa shape index (κ3) is 8.48. The van der Waals surface area contributed by atoms with Gasteiger partial charge in [-0.2, -0.15) is 0 Å². The number of rotatable bonds is 11. The minimum atomic E-state index is -0.658. The zero-order chi connectivity index (χ0) is 19.4. The maximum atomic E-state index is 12.5. The highest BCUT2D eigenvalue weighted by molar-refractivity contribution is 5.97. The molecule has 2 atom stereocenters. The minimum absolute atomic E-state index is 0.00729. The summed E-state index contributed by atoms with van der Waals surface area (Å²) in [6.45, 7) is 2.87. The lowest BCUT2D eigenvalue weighted by Crippen LogP contribution is -2.47. The summed E-state index contributed by atoms with van der Waals surface area (Å²) < 4.78 is 0. The second-order valence-electron chi connectivity index (χ2n) is 6.09. The van der Waals surface area contributed by atoms with Gasteiger partial charge in [0.05, 0.1) is 0 Å². The van der Waals surface area contributed by atoms with Crippen LogP contribution in [-0.4, -0.2) is 42.9 Å². The van der Waals surface area contributed by atoms with Gasteiger partial charge in [0.15, 0.2) is 5.96 Å². The van der Waals surface area contributed by atoms with Crippen LogP contribution in [0.1, 0.15) is 43.0 Å². The lowest BCUT2D eigenvalue weighted by Gasteiger charge is -2.19. The van der Waals surface area contributed by atoms with Crippen LogP contribution >= 0.6 is 0 Å². The van der Waals surface area contributed by atoms with E-state index in [1.165, 1.54) is 0 Å². The molecule has 0 fully saturated rings. The second kappa shape index (κ2) is 11.9. The van der Waals surface area contributed by atoms with E-state index in [1.54, 1.807) is 24.3 Å². The number of benzene rings is 1. The molecule has 0 aliphatic rings. The van der Waals surface area contributed by atoms with E-state index < -0.39 is 6.04 Å². The van der Waals surface area contributed by atoms with Gasteiger partial charge in [-0.15, -0.1) is 0 Å². The Labute approximate surface area is 154 Å². The summed E-state index contributed by atoms with van der Waals surface area (Å²) in [5.41, 5.74) is 17.0. The van der Waals surface area contributed by atoms with E-state index >= 15 is 0 Å². The van der Waals surface area contributed by atoms with Crippen molar-refractivity contribution < 1.29 is 9.59 Å². The van der Waals surface area contributed by atoms with Gasteiger partial charge in [-0.25, -0.2) is 0 Å². The summed E-state index contributed by atoms with van der Waals surface area (Å²) in [5.74, 6) is -0.520. The predicted octanol–water partition coefficient (Wildman–Crippen LogP) is 0.0822. The third-order valence-corrected chi connectivity index (χ3v) is 3.94. The first-order valence-electron chi connectivity index (χ1n) is 8.88. The molecule has 0 aliphatic heterocycles. The van der Waals surface area contributed by atoms with E-state index in [-0.39, 0.29) is 23.8 Å². The first kappa shape index (κ1) is 21.4. The fourth-order valence-electron chi connectivity index (χ4n) is 2.31. The molecule has 0 saturated carbocycles. The number of carbonyl (C=O) groups is 2. The highest BCUT2D eigenvalue weighted by atomic mass is 16.2. The van der Waals surface area contributed by atoms with Crippen LogP contribution in [0.2, 0.25) is 0 Å². The number of nitrogens with one attached hydrogen (secondary N) is 2. The van der Waals surface area contributed by atoms with Gasteiger partial charge >= 0.3 is 0 Å². The van der Waals surface area contributed by atoms with E-state index in [4.69, 9.17) is 17.2 Å². The number of aliphatic imine (C=N–C) groups is 1. The van der Waals surface area contributed by atoms with Crippen molar-refractivity contribution in [1.82, 2.24) is 10.6 Å². The van der Waals surface area contributed by atoms with Crippen LogP contribution in [0.5, 0.6) is 0 Å². The SMILES string of the molecule is CCC(N)CCNC(=O)[C@H](CCCN=C(N)N)NC(=O)c1ccccc1. The van der Waals surface area contributed by atoms with E-state index in [0.29, 0.717) is 37.9 Å². The molecule has 8 heteroatoms. The summed E-state index contributed by atoms with van der Waals surface area (Å²) >= 11 is 0. The Bertz CT molecular complexity index is 587. The van der Waals surface area contributed by atoms with Gasteiger partial charge in [0.1, 0.15) is 6.04 Å². The van der Waals surface area contributed by atoms with Gasteiger partial charge in [-0.3, -0.25) is 14.6 Å². The molecule has 144 valence electrons. The van der Waals surface area contributed by atoms with Crippen LogP contribution in [-0.2, 0) is 4.79 Å². The Morgan fingerprint density at radius 2 is 1.85 bits per heavy atom. The molecule has 26 heavy (non-hydrogen) atoms. The summed E-state index contributed by atoms with van der Waals surface area (Å²) in [6.07, 6.45) is 2.54. The molecular formula is C18H30N6O2. The third-order valence-electron chi connectivity index (χ3n) is 3.94. The molecule has 0 aliphatic carbocycles. The van der Waals surface area contributed by atoms with Crippen molar-refractivity contribution in [3.8, 4) is 0 Å². The van der Waals surface area contributed by atoms with Crippen LogP contribution < -0.4 is 27.8 Å². The van der Waals surface area contributed by atoms with Crippen LogP contribution in [0, 0.1) is 0 Å². The summed E-state index contributed by atoms with van der Waals surface area (Å²) in [6, 6.07) is 8.16. The summed E-state index contributed by atoms with van der Waals surface area (Å²) in [4.78, 5) is 28.7. The fourth-order valence-corrected chi connectivity index (χ4v) is 2.31. The molecule has 0 aromatic heterocycles. The fraction of sp³-hybridized carbons (Fsp3) is 0.500. The van der Waals surface area contributed by atoms with Crippen LogP contribution in [0.15, 0.2) is 35.3 Å². The molecule has 2 amide bonds. The topological polar surface area (TPSA) is 149 Å². The first-order chi connectivity index (χ1) is 12.4. The van der Waals surface area contributed by atoms with Crippen LogP contribution in [0.3, 0.4) is 0 Å². The summed E-state index contributed by atoms with van der Waals surface area (Å²) in [5, 5.41) is 5.62. The Morgan fingerprint density at radius 1 is 1.15 bits per heavy atom. The van der Waals surface area contributed by atoms with Crippen molar-refractivity contribution in [1.29, 1.82) is 0 Å². The van der Waals surface area contributed by atoms with Crippen molar-refractivity contribution in [3.63, 3.8) is 0 Å². The average Bonchev–Trinajstić information content (AvgIpc) is 2.64. The zero-order valence-corrected chi connectivity index (χ0v) is 15.3. The maximum Gasteiger partial charge on any atom is 0.251 e. The minimum Gasteiger partial charge on any atom is -0.370 e. The lowest BCUT2D eigenvalue weighted by atomic mass is 10.1. The summed E-state index contributed by atoms with van der Waals surface area (Å²) in [7, 11) is 0. The van der Waals surface area contributed by atoms with Gasteiger partial charge in [0.25, 0.3) is 5.91 Å². The molecule has 0 saturated heterocycles. The van der Waals surface area contributed by atoms with Gasteiger partial charge in [-0.1, -0.05) is 25.1 Å². The quantitative estimate of drug-likeness (QED) is 0.215. The molecule has 8 N–H and O–H groups in total. The molecule has 1 aromatic carbocycles. The number of hydrogen-bond acceptors (Lipinski definition) is 4. The van der Waals surface area contributed by atoms with Gasteiger partial charge in [0.2, 0.25) is 5.91 Å². The zero-order valence-electron chi connectivity index (χ0n) is 15.3. The van der Waals surface area contributed by atoms with E-state index in [9.17, 15) is 9.59 Å². The molecule has 0 radical (unpaired) electrons. The van der Waals surface area contributed by atoms with Crippen LogP contribution in [0.4, 0.5) is 0 Å². The predicted molar refractivity (Wildman–Crippen MR) is 104 cm³/mol. The second-order valence-corrected chi connectivity index (χ2v) is 6.09. The van der Waals surface area contributed by atoms with Crippen LogP contribution in [0.25, 0.3) is 0 Å². The molecule has 0 heterocycles. The number of nitrogens with two attached hydrogens (primary N) is 3. The number of hydrogen-bond donors (Lipinski definition) is 5. The largest absolute Gasteiger partial charge is 0.370 e. The van der Waals surface area contributed by atoms with E-state index in [1.807, 2.05) is 13.0 Å². The Morgan fingerprint density at radius 3 is 2.46 bits per heavy atom. The van der Waals surface area contributed by atoms with E-state index in [0.717, 1.165) is 6.42 Å². The average molecular weight is 362 g/mol. The molecule has 1 unspecified atom stereocenters. The van der Waals surface area contributed by atoms with E-state index in [2.05, 4.69) is 15.6 Å². The van der Waals surface area contributed by atoms with Crippen molar-refractivity contribution in [2.24, 2.45) is 22.2 Å². The van der Waals surface area contributed by atoms with Crippen molar-refractivity contribution >= 4 is 17.8 Å². The number of guanidine groups is 1. The maximum absolute atomic E-state index is 12.5. The van der Waals surface area contributed by atoms with Gasteiger partial charge < -0.3 is 27.8 Å². The Balaban J connectivity index is 2.63. The smallest absolute Gasteiger partial charge is 0.251 e. The molecule has 0 bridgehead atoms. The standard InChI is InChI=1S/C18H30N6O2/c1-2-14(19)10-12-22-17(26)15(9-6-11-23-18(20)21)24-16(25)13-7-4-3-5-8-13/h3-5,7-8,14-15H,2,6,9-12,19H2,1H3,(H,22,26)(H,24,25)(H4,20,21,23)/t14?,15-/m0/s1. The van der Waals surface area contributed by atoms with Crippen molar-refractivity contribution in [3.05, 3.63) is 35.9 Å².